The SMILES string of the molecule is Cc1cc(F)cc(C(=O)NCCc2ccn(-c3ccccc3)n2)c1. The maximum atomic E-state index is 13.3. The van der Waals surface area contributed by atoms with Crippen molar-refractivity contribution in [3.05, 3.63) is 83.4 Å². The topological polar surface area (TPSA) is 46.9 Å². The van der Waals surface area contributed by atoms with Gasteiger partial charge in [-0.3, -0.25) is 4.79 Å². The Morgan fingerprint density at radius 2 is 1.96 bits per heavy atom. The van der Waals surface area contributed by atoms with Crippen molar-refractivity contribution in [2.75, 3.05) is 6.54 Å². The molecule has 5 heteroatoms. The van der Waals surface area contributed by atoms with Crippen molar-refractivity contribution in [1.29, 1.82) is 0 Å². The normalized spacial score (nSPS) is 10.6. The molecule has 0 aliphatic carbocycles. The number of carbonyl (C=O) groups excluding carboxylic acids is 1. The van der Waals surface area contributed by atoms with Crippen LogP contribution in [0.4, 0.5) is 4.39 Å². The number of halogens is 1. The zero-order valence-electron chi connectivity index (χ0n) is 13.4. The fourth-order valence-electron chi connectivity index (χ4n) is 2.49. The minimum atomic E-state index is -0.401. The van der Waals surface area contributed by atoms with Crippen molar-refractivity contribution < 1.29 is 9.18 Å². The molecule has 3 aromatic rings. The number of hydrogen-bond donors (Lipinski definition) is 1. The molecule has 0 bridgehead atoms. The highest BCUT2D eigenvalue weighted by atomic mass is 19.1. The van der Waals surface area contributed by atoms with Gasteiger partial charge in [0.25, 0.3) is 5.91 Å². The first-order chi connectivity index (χ1) is 11.6. The third kappa shape index (κ3) is 3.87. The van der Waals surface area contributed by atoms with E-state index in [0.717, 1.165) is 16.9 Å². The number of rotatable bonds is 5. The van der Waals surface area contributed by atoms with E-state index < -0.39 is 5.82 Å². The molecule has 0 fully saturated rings. The lowest BCUT2D eigenvalue weighted by Crippen LogP contribution is -2.26. The standard InChI is InChI=1S/C19H18FN3O/c1-14-11-15(13-16(20)12-14)19(24)21-9-7-17-8-10-23(22-17)18-5-3-2-4-6-18/h2-6,8,10-13H,7,9H2,1H3,(H,21,24). The van der Waals surface area contributed by atoms with Crippen LogP contribution in [0.1, 0.15) is 21.6 Å². The number of nitrogens with zero attached hydrogens (tertiary/aromatic N) is 2. The summed E-state index contributed by atoms with van der Waals surface area (Å²) >= 11 is 0. The zero-order chi connectivity index (χ0) is 16.9. The van der Waals surface area contributed by atoms with Gasteiger partial charge in [-0.15, -0.1) is 0 Å². The van der Waals surface area contributed by atoms with Crippen molar-refractivity contribution in [1.82, 2.24) is 15.1 Å². The molecular formula is C19H18FN3O. The highest BCUT2D eigenvalue weighted by molar-refractivity contribution is 5.94. The maximum absolute atomic E-state index is 13.3. The summed E-state index contributed by atoms with van der Waals surface area (Å²) in [6.45, 7) is 2.20. The number of nitrogens with one attached hydrogen (secondary N) is 1. The van der Waals surface area contributed by atoms with Gasteiger partial charge < -0.3 is 5.32 Å². The number of hydrogen-bond acceptors (Lipinski definition) is 2. The van der Waals surface area contributed by atoms with Crippen molar-refractivity contribution in [3.63, 3.8) is 0 Å². The van der Waals surface area contributed by atoms with E-state index >= 15 is 0 Å². The predicted molar refractivity (Wildman–Crippen MR) is 90.7 cm³/mol. The van der Waals surface area contributed by atoms with Gasteiger partial charge in [0, 0.05) is 24.7 Å². The van der Waals surface area contributed by atoms with Crippen molar-refractivity contribution in [3.8, 4) is 5.69 Å². The summed E-state index contributed by atoms with van der Waals surface area (Å²) in [7, 11) is 0. The van der Waals surface area contributed by atoms with Gasteiger partial charge in [0.2, 0.25) is 0 Å². The van der Waals surface area contributed by atoms with Crippen LogP contribution in [-0.2, 0) is 6.42 Å². The number of aryl methyl sites for hydroxylation is 1. The molecule has 1 N–H and O–H groups in total. The first kappa shape index (κ1) is 15.9. The smallest absolute Gasteiger partial charge is 0.251 e. The molecule has 1 aromatic heterocycles. The average Bonchev–Trinajstić information content (AvgIpc) is 3.03. The van der Waals surface area contributed by atoms with Gasteiger partial charge in [0.1, 0.15) is 5.82 Å². The van der Waals surface area contributed by atoms with E-state index in [0.29, 0.717) is 18.5 Å². The molecule has 0 spiro atoms. The monoisotopic (exact) mass is 323 g/mol. The van der Waals surface area contributed by atoms with Crippen LogP contribution in [0.2, 0.25) is 0 Å². The molecule has 0 aliphatic rings. The van der Waals surface area contributed by atoms with Gasteiger partial charge in [-0.25, -0.2) is 9.07 Å². The molecule has 3 rings (SSSR count). The Hall–Kier alpha value is -2.95. The Morgan fingerprint density at radius 1 is 1.17 bits per heavy atom. The Morgan fingerprint density at radius 3 is 2.71 bits per heavy atom. The molecule has 0 radical (unpaired) electrons. The molecular weight excluding hydrogens is 305 g/mol. The molecule has 0 aliphatic heterocycles. The van der Waals surface area contributed by atoms with Gasteiger partial charge in [0.05, 0.1) is 11.4 Å². The van der Waals surface area contributed by atoms with E-state index in [1.165, 1.54) is 12.1 Å². The molecule has 1 heterocycles. The van der Waals surface area contributed by atoms with Crippen LogP contribution in [0.5, 0.6) is 0 Å². The molecule has 0 unspecified atom stereocenters. The van der Waals surface area contributed by atoms with E-state index in [2.05, 4.69) is 10.4 Å². The van der Waals surface area contributed by atoms with E-state index in [4.69, 9.17) is 0 Å². The highest BCUT2D eigenvalue weighted by Crippen LogP contribution is 2.09. The Kier molecular flexibility index (Phi) is 4.70. The Balaban J connectivity index is 1.57. The number of aromatic nitrogens is 2. The van der Waals surface area contributed by atoms with Crippen molar-refractivity contribution >= 4 is 5.91 Å². The van der Waals surface area contributed by atoms with Gasteiger partial charge in [-0.1, -0.05) is 18.2 Å². The third-order valence-corrected chi connectivity index (χ3v) is 3.64. The second-order valence-corrected chi connectivity index (χ2v) is 5.61. The number of para-hydroxylation sites is 1. The molecule has 0 saturated carbocycles. The van der Waals surface area contributed by atoms with Gasteiger partial charge in [-0.05, 0) is 48.9 Å². The fraction of sp³-hybridized carbons (Fsp3) is 0.158. The van der Waals surface area contributed by atoms with Crippen LogP contribution in [0.15, 0.2) is 60.8 Å². The maximum Gasteiger partial charge on any atom is 0.251 e. The van der Waals surface area contributed by atoms with Crippen LogP contribution in [0.25, 0.3) is 5.69 Å². The second-order valence-electron chi connectivity index (χ2n) is 5.61. The van der Waals surface area contributed by atoms with E-state index in [9.17, 15) is 9.18 Å². The molecule has 1 amide bonds. The third-order valence-electron chi connectivity index (χ3n) is 3.64. The first-order valence-electron chi connectivity index (χ1n) is 7.77. The van der Waals surface area contributed by atoms with Gasteiger partial charge in [-0.2, -0.15) is 5.10 Å². The molecule has 24 heavy (non-hydrogen) atoms. The summed E-state index contributed by atoms with van der Waals surface area (Å²) < 4.78 is 15.1. The minimum absolute atomic E-state index is 0.278. The summed E-state index contributed by atoms with van der Waals surface area (Å²) in [5.41, 5.74) is 2.93. The quantitative estimate of drug-likeness (QED) is 0.783. The summed E-state index contributed by atoms with van der Waals surface area (Å²) in [6, 6.07) is 16.1. The minimum Gasteiger partial charge on any atom is -0.352 e. The van der Waals surface area contributed by atoms with E-state index in [1.807, 2.05) is 42.6 Å². The van der Waals surface area contributed by atoms with Crippen LogP contribution < -0.4 is 5.32 Å². The van der Waals surface area contributed by atoms with Crippen molar-refractivity contribution in [2.24, 2.45) is 0 Å². The lowest BCUT2D eigenvalue weighted by Gasteiger charge is -2.05. The van der Waals surface area contributed by atoms with Crippen LogP contribution >= 0.6 is 0 Å². The molecule has 2 aromatic carbocycles. The fourth-order valence-corrected chi connectivity index (χ4v) is 2.49. The predicted octanol–water partition coefficient (Wildman–Crippen LogP) is 3.29. The molecule has 4 nitrogen and oxygen atoms in total. The van der Waals surface area contributed by atoms with Crippen molar-refractivity contribution in [2.45, 2.75) is 13.3 Å². The Labute approximate surface area is 139 Å². The first-order valence-corrected chi connectivity index (χ1v) is 7.77. The molecule has 0 saturated heterocycles. The summed E-state index contributed by atoms with van der Waals surface area (Å²) in [6.07, 6.45) is 2.50. The number of benzene rings is 2. The molecule has 0 atom stereocenters. The number of amides is 1. The van der Waals surface area contributed by atoms with E-state index in [-0.39, 0.29) is 5.91 Å². The van der Waals surface area contributed by atoms with E-state index in [1.54, 1.807) is 17.7 Å². The number of carbonyl (C=O) groups is 1. The second kappa shape index (κ2) is 7.08. The summed E-state index contributed by atoms with van der Waals surface area (Å²) in [4.78, 5) is 12.1. The van der Waals surface area contributed by atoms with Gasteiger partial charge in [0.15, 0.2) is 0 Å². The van der Waals surface area contributed by atoms with Crippen LogP contribution in [0, 0.1) is 12.7 Å². The van der Waals surface area contributed by atoms with Gasteiger partial charge >= 0.3 is 0 Å². The lowest BCUT2D eigenvalue weighted by molar-refractivity contribution is 0.0953. The zero-order valence-corrected chi connectivity index (χ0v) is 13.4. The lowest BCUT2D eigenvalue weighted by atomic mass is 10.1. The molecule has 122 valence electrons. The average molecular weight is 323 g/mol. The van der Waals surface area contributed by atoms with Crippen LogP contribution in [0.3, 0.4) is 0 Å². The summed E-state index contributed by atoms with van der Waals surface area (Å²) in [5, 5.41) is 7.28. The highest BCUT2D eigenvalue weighted by Gasteiger charge is 2.08. The van der Waals surface area contributed by atoms with Crippen LogP contribution in [-0.4, -0.2) is 22.2 Å². The Bertz CT molecular complexity index is 823. The summed E-state index contributed by atoms with van der Waals surface area (Å²) in [5.74, 6) is -0.679. The largest absolute Gasteiger partial charge is 0.352 e.